The van der Waals surface area contributed by atoms with Gasteiger partial charge in [-0.05, 0) is 44.1 Å². The standard InChI is InChI=1S/C13H19BrN2/c1-11-9-16(7-3-6-15-11)10-12-4-2-5-13(14)8-12/h2,4-5,8,11,15H,3,6-7,9-10H2,1H3. The van der Waals surface area contributed by atoms with Crippen LogP contribution in [0.1, 0.15) is 18.9 Å². The lowest BCUT2D eigenvalue weighted by atomic mass is 10.2. The van der Waals surface area contributed by atoms with Crippen molar-refractivity contribution in [2.24, 2.45) is 0 Å². The Hall–Kier alpha value is -0.380. The molecule has 0 saturated carbocycles. The Kier molecular flexibility index (Phi) is 4.38. The van der Waals surface area contributed by atoms with Crippen LogP contribution in [0.2, 0.25) is 0 Å². The van der Waals surface area contributed by atoms with E-state index in [2.05, 4.69) is 57.3 Å². The summed E-state index contributed by atoms with van der Waals surface area (Å²) in [7, 11) is 0. The van der Waals surface area contributed by atoms with Crippen LogP contribution in [0.3, 0.4) is 0 Å². The molecule has 1 aliphatic heterocycles. The molecule has 1 saturated heterocycles. The molecule has 16 heavy (non-hydrogen) atoms. The second kappa shape index (κ2) is 5.80. The molecule has 2 nitrogen and oxygen atoms in total. The van der Waals surface area contributed by atoms with Gasteiger partial charge in [-0.1, -0.05) is 28.1 Å². The van der Waals surface area contributed by atoms with Crippen LogP contribution in [0.15, 0.2) is 28.7 Å². The predicted molar refractivity (Wildman–Crippen MR) is 71.5 cm³/mol. The second-order valence-corrected chi connectivity index (χ2v) is 5.49. The van der Waals surface area contributed by atoms with Crippen molar-refractivity contribution in [1.82, 2.24) is 10.2 Å². The van der Waals surface area contributed by atoms with Gasteiger partial charge in [-0.2, -0.15) is 0 Å². The maximum atomic E-state index is 3.52. The van der Waals surface area contributed by atoms with Crippen molar-refractivity contribution in [2.75, 3.05) is 19.6 Å². The Bertz CT molecular complexity index is 340. The summed E-state index contributed by atoms with van der Waals surface area (Å²) >= 11 is 3.52. The SMILES string of the molecule is CC1CN(Cc2cccc(Br)c2)CCCN1. The Balaban J connectivity index is 1.97. The number of halogens is 1. The zero-order valence-electron chi connectivity index (χ0n) is 9.75. The van der Waals surface area contributed by atoms with Crippen molar-refractivity contribution in [1.29, 1.82) is 0 Å². The van der Waals surface area contributed by atoms with E-state index in [1.807, 2.05) is 0 Å². The van der Waals surface area contributed by atoms with Crippen molar-refractivity contribution in [3.63, 3.8) is 0 Å². The molecule has 2 rings (SSSR count). The molecule has 0 radical (unpaired) electrons. The zero-order chi connectivity index (χ0) is 11.4. The molecule has 0 spiro atoms. The monoisotopic (exact) mass is 282 g/mol. The normalized spacial score (nSPS) is 23.0. The average molecular weight is 283 g/mol. The largest absolute Gasteiger partial charge is 0.313 e. The van der Waals surface area contributed by atoms with Gasteiger partial charge in [0.15, 0.2) is 0 Å². The van der Waals surface area contributed by atoms with E-state index in [4.69, 9.17) is 0 Å². The van der Waals surface area contributed by atoms with Crippen LogP contribution < -0.4 is 5.32 Å². The van der Waals surface area contributed by atoms with E-state index in [0.29, 0.717) is 6.04 Å². The Labute approximate surface area is 106 Å². The highest BCUT2D eigenvalue weighted by atomic mass is 79.9. The minimum Gasteiger partial charge on any atom is -0.313 e. The van der Waals surface area contributed by atoms with Crippen molar-refractivity contribution >= 4 is 15.9 Å². The van der Waals surface area contributed by atoms with Gasteiger partial charge in [0.05, 0.1) is 0 Å². The quantitative estimate of drug-likeness (QED) is 0.897. The number of rotatable bonds is 2. The smallest absolute Gasteiger partial charge is 0.0234 e. The van der Waals surface area contributed by atoms with E-state index in [-0.39, 0.29) is 0 Å². The molecule has 1 N–H and O–H groups in total. The topological polar surface area (TPSA) is 15.3 Å². The minimum atomic E-state index is 0.606. The third-order valence-electron chi connectivity index (χ3n) is 2.97. The zero-order valence-corrected chi connectivity index (χ0v) is 11.3. The lowest BCUT2D eigenvalue weighted by molar-refractivity contribution is 0.265. The van der Waals surface area contributed by atoms with Gasteiger partial charge >= 0.3 is 0 Å². The molecule has 1 atom stereocenters. The van der Waals surface area contributed by atoms with E-state index in [9.17, 15) is 0 Å². The second-order valence-electron chi connectivity index (χ2n) is 4.57. The Morgan fingerprint density at radius 3 is 3.19 bits per heavy atom. The number of hydrogen-bond donors (Lipinski definition) is 1. The molecule has 0 bridgehead atoms. The fourth-order valence-corrected chi connectivity index (χ4v) is 2.68. The van der Waals surface area contributed by atoms with Gasteiger partial charge in [-0.25, -0.2) is 0 Å². The van der Waals surface area contributed by atoms with Gasteiger partial charge in [0.25, 0.3) is 0 Å². The predicted octanol–water partition coefficient (Wildman–Crippen LogP) is 2.63. The molecule has 0 amide bonds. The third-order valence-corrected chi connectivity index (χ3v) is 3.46. The third kappa shape index (κ3) is 3.58. The van der Waals surface area contributed by atoms with Crippen LogP contribution in [0, 0.1) is 0 Å². The van der Waals surface area contributed by atoms with Crippen molar-refractivity contribution < 1.29 is 0 Å². The summed E-state index contributed by atoms with van der Waals surface area (Å²) in [4.78, 5) is 2.53. The summed E-state index contributed by atoms with van der Waals surface area (Å²) in [6.07, 6.45) is 1.25. The van der Waals surface area contributed by atoms with E-state index in [1.54, 1.807) is 0 Å². The summed E-state index contributed by atoms with van der Waals surface area (Å²) in [6, 6.07) is 9.21. The lowest BCUT2D eigenvalue weighted by Gasteiger charge is -2.22. The van der Waals surface area contributed by atoms with Gasteiger partial charge in [-0.3, -0.25) is 4.90 Å². The first kappa shape index (κ1) is 12.1. The number of hydrogen-bond acceptors (Lipinski definition) is 2. The first-order valence-electron chi connectivity index (χ1n) is 5.94. The summed E-state index contributed by atoms with van der Waals surface area (Å²) in [5.74, 6) is 0. The highest BCUT2D eigenvalue weighted by Crippen LogP contribution is 2.14. The van der Waals surface area contributed by atoms with Gasteiger partial charge < -0.3 is 5.32 Å². The van der Waals surface area contributed by atoms with Gasteiger partial charge in [-0.15, -0.1) is 0 Å². The molecule has 1 aliphatic rings. The van der Waals surface area contributed by atoms with Crippen molar-refractivity contribution in [2.45, 2.75) is 25.9 Å². The summed E-state index contributed by atoms with van der Waals surface area (Å²) in [5, 5.41) is 3.52. The average Bonchev–Trinajstić information content (AvgIpc) is 2.43. The molecule has 1 aromatic carbocycles. The molecule has 0 aliphatic carbocycles. The van der Waals surface area contributed by atoms with Gasteiger partial charge in [0.1, 0.15) is 0 Å². The molecular weight excluding hydrogens is 264 g/mol. The van der Waals surface area contributed by atoms with Crippen LogP contribution in [0.4, 0.5) is 0 Å². The fourth-order valence-electron chi connectivity index (χ4n) is 2.23. The van der Waals surface area contributed by atoms with E-state index < -0.39 is 0 Å². The van der Waals surface area contributed by atoms with Crippen LogP contribution in [-0.2, 0) is 6.54 Å². The summed E-state index contributed by atoms with van der Waals surface area (Å²) < 4.78 is 1.17. The fraction of sp³-hybridized carbons (Fsp3) is 0.538. The first-order chi connectivity index (χ1) is 7.74. The van der Waals surface area contributed by atoms with Crippen molar-refractivity contribution in [3.05, 3.63) is 34.3 Å². The summed E-state index contributed by atoms with van der Waals surface area (Å²) in [6.45, 7) is 6.82. The Morgan fingerprint density at radius 2 is 2.38 bits per heavy atom. The first-order valence-corrected chi connectivity index (χ1v) is 6.73. The highest BCUT2D eigenvalue weighted by molar-refractivity contribution is 9.10. The number of nitrogens with one attached hydrogen (secondary N) is 1. The molecule has 0 aromatic heterocycles. The van der Waals surface area contributed by atoms with Crippen LogP contribution in [-0.4, -0.2) is 30.6 Å². The van der Waals surface area contributed by atoms with Crippen LogP contribution in [0.25, 0.3) is 0 Å². The maximum absolute atomic E-state index is 3.52. The highest BCUT2D eigenvalue weighted by Gasteiger charge is 2.13. The number of benzene rings is 1. The Morgan fingerprint density at radius 1 is 1.50 bits per heavy atom. The maximum Gasteiger partial charge on any atom is 0.0234 e. The molecule has 88 valence electrons. The minimum absolute atomic E-state index is 0.606. The molecule has 1 unspecified atom stereocenters. The molecule has 3 heteroatoms. The lowest BCUT2D eigenvalue weighted by Crippen LogP contribution is -2.34. The molecule has 1 fully saturated rings. The van der Waals surface area contributed by atoms with Crippen LogP contribution in [0.5, 0.6) is 0 Å². The molecule has 1 aromatic rings. The van der Waals surface area contributed by atoms with E-state index >= 15 is 0 Å². The molecular formula is C13H19BrN2. The van der Waals surface area contributed by atoms with Crippen LogP contribution >= 0.6 is 15.9 Å². The van der Waals surface area contributed by atoms with Gasteiger partial charge in [0.2, 0.25) is 0 Å². The van der Waals surface area contributed by atoms with E-state index in [1.165, 1.54) is 23.0 Å². The summed E-state index contributed by atoms with van der Waals surface area (Å²) in [5.41, 5.74) is 1.39. The van der Waals surface area contributed by atoms with Crippen molar-refractivity contribution in [3.8, 4) is 0 Å². The number of nitrogens with zero attached hydrogens (tertiary/aromatic N) is 1. The van der Waals surface area contributed by atoms with E-state index in [0.717, 1.165) is 19.6 Å². The molecule has 1 heterocycles. The van der Waals surface area contributed by atoms with Gasteiger partial charge in [0, 0.05) is 23.6 Å².